The molecule has 3 rings (SSSR count). The van der Waals surface area contributed by atoms with Gasteiger partial charge in [-0.3, -0.25) is 0 Å². The highest BCUT2D eigenvalue weighted by atomic mass is 16.5. The van der Waals surface area contributed by atoms with Gasteiger partial charge in [0, 0.05) is 12.5 Å². The van der Waals surface area contributed by atoms with Crippen LogP contribution in [0.25, 0.3) is 0 Å². The molecule has 3 heteroatoms. The predicted octanol–water partition coefficient (Wildman–Crippen LogP) is 3.83. The fraction of sp³-hybridized carbons (Fsp3) is 0.647. The van der Waals surface area contributed by atoms with Gasteiger partial charge in [-0.05, 0) is 51.8 Å². The molecule has 1 aromatic carbocycles. The Morgan fingerprint density at radius 3 is 2.80 bits per heavy atom. The van der Waals surface area contributed by atoms with Crippen molar-refractivity contribution in [3.8, 4) is 11.5 Å². The van der Waals surface area contributed by atoms with E-state index in [-0.39, 0.29) is 5.60 Å². The molecule has 1 aromatic rings. The molecule has 0 amide bonds. The number of ether oxygens (including phenoxy) is 2. The van der Waals surface area contributed by atoms with Crippen molar-refractivity contribution >= 4 is 0 Å². The lowest BCUT2D eigenvalue weighted by Crippen LogP contribution is -2.45. The molecule has 1 unspecified atom stereocenters. The summed E-state index contributed by atoms with van der Waals surface area (Å²) in [5, 5.41) is 3.47. The van der Waals surface area contributed by atoms with Crippen LogP contribution in [0, 0.1) is 0 Å². The second-order valence-electron chi connectivity index (χ2n) is 5.99. The van der Waals surface area contributed by atoms with E-state index in [0.717, 1.165) is 17.9 Å². The standard InChI is InChI=1S/C17H25NO2/c1-3-19-14-8-7-9-15-16(14)13(18-2)12-17(20-15)10-5-4-6-11-17/h7-9,13,18H,3-6,10-12H2,1-2H3. The van der Waals surface area contributed by atoms with Crippen molar-refractivity contribution in [2.75, 3.05) is 13.7 Å². The third kappa shape index (κ3) is 2.39. The Hall–Kier alpha value is -1.22. The van der Waals surface area contributed by atoms with E-state index in [1.54, 1.807) is 0 Å². The molecule has 0 aromatic heterocycles. The first kappa shape index (κ1) is 13.7. The van der Waals surface area contributed by atoms with Gasteiger partial charge in [0.15, 0.2) is 0 Å². The van der Waals surface area contributed by atoms with Gasteiger partial charge in [-0.15, -0.1) is 0 Å². The number of hydrogen-bond acceptors (Lipinski definition) is 3. The molecule has 1 aliphatic heterocycles. The lowest BCUT2D eigenvalue weighted by molar-refractivity contribution is -0.00257. The van der Waals surface area contributed by atoms with Crippen LogP contribution in [-0.2, 0) is 0 Å². The second-order valence-corrected chi connectivity index (χ2v) is 5.99. The van der Waals surface area contributed by atoms with Gasteiger partial charge >= 0.3 is 0 Å². The summed E-state index contributed by atoms with van der Waals surface area (Å²) in [5.41, 5.74) is 1.25. The highest BCUT2D eigenvalue weighted by molar-refractivity contribution is 5.49. The molecule has 1 heterocycles. The normalized spacial score (nSPS) is 24.0. The van der Waals surface area contributed by atoms with Gasteiger partial charge in [0.25, 0.3) is 0 Å². The average Bonchev–Trinajstić information content (AvgIpc) is 2.47. The third-order valence-corrected chi connectivity index (χ3v) is 4.69. The van der Waals surface area contributed by atoms with E-state index >= 15 is 0 Å². The smallest absolute Gasteiger partial charge is 0.128 e. The van der Waals surface area contributed by atoms with Crippen LogP contribution >= 0.6 is 0 Å². The SMILES string of the molecule is CCOc1cccc2c1C(NC)CC1(CCCCC1)O2. The van der Waals surface area contributed by atoms with Crippen molar-refractivity contribution < 1.29 is 9.47 Å². The zero-order valence-corrected chi connectivity index (χ0v) is 12.6. The van der Waals surface area contributed by atoms with E-state index < -0.39 is 0 Å². The lowest BCUT2D eigenvalue weighted by atomic mass is 9.77. The Bertz CT molecular complexity index is 466. The van der Waals surface area contributed by atoms with E-state index in [4.69, 9.17) is 9.47 Å². The van der Waals surface area contributed by atoms with Crippen molar-refractivity contribution in [1.82, 2.24) is 5.32 Å². The Morgan fingerprint density at radius 2 is 2.10 bits per heavy atom. The number of rotatable bonds is 3. The first-order chi connectivity index (χ1) is 9.78. The molecule has 3 nitrogen and oxygen atoms in total. The van der Waals surface area contributed by atoms with Gasteiger partial charge in [-0.25, -0.2) is 0 Å². The largest absolute Gasteiger partial charge is 0.493 e. The summed E-state index contributed by atoms with van der Waals surface area (Å²) in [6.45, 7) is 2.72. The fourth-order valence-corrected chi connectivity index (χ4v) is 3.74. The molecule has 0 saturated heterocycles. The van der Waals surface area contributed by atoms with Crippen LogP contribution in [0.1, 0.15) is 57.1 Å². The zero-order valence-electron chi connectivity index (χ0n) is 12.6. The predicted molar refractivity (Wildman–Crippen MR) is 80.5 cm³/mol. The molecule has 20 heavy (non-hydrogen) atoms. The Morgan fingerprint density at radius 1 is 1.30 bits per heavy atom. The van der Waals surface area contributed by atoms with Crippen molar-refractivity contribution in [1.29, 1.82) is 0 Å². The van der Waals surface area contributed by atoms with Crippen LogP contribution in [0.5, 0.6) is 11.5 Å². The minimum absolute atomic E-state index is 0.0454. The third-order valence-electron chi connectivity index (χ3n) is 4.69. The Kier molecular flexibility index (Phi) is 3.88. The summed E-state index contributed by atoms with van der Waals surface area (Å²) in [6, 6.07) is 6.52. The van der Waals surface area contributed by atoms with Crippen LogP contribution in [0.2, 0.25) is 0 Å². The molecule has 0 bridgehead atoms. The van der Waals surface area contributed by atoms with E-state index in [0.29, 0.717) is 12.6 Å². The lowest BCUT2D eigenvalue weighted by Gasteiger charge is -2.44. The van der Waals surface area contributed by atoms with E-state index in [9.17, 15) is 0 Å². The fourth-order valence-electron chi connectivity index (χ4n) is 3.74. The quantitative estimate of drug-likeness (QED) is 0.909. The van der Waals surface area contributed by atoms with Crippen LogP contribution in [0.15, 0.2) is 18.2 Å². The molecular formula is C17H25NO2. The van der Waals surface area contributed by atoms with Crippen LogP contribution in [0.4, 0.5) is 0 Å². The average molecular weight is 275 g/mol. The Labute approximate surface area is 121 Å². The summed E-state index contributed by atoms with van der Waals surface area (Å²) in [5.74, 6) is 1.98. The molecule has 1 atom stereocenters. The van der Waals surface area contributed by atoms with Crippen molar-refractivity contribution in [3.63, 3.8) is 0 Å². The molecule has 110 valence electrons. The molecule has 2 aliphatic rings. The number of fused-ring (bicyclic) bond motifs is 1. The maximum Gasteiger partial charge on any atom is 0.128 e. The summed E-state index contributed by atoms with van der Waals surface area (Å²) < 4.78 is 12.3. The molecule has 1 fully saturated rings. The highest BCUT2D eigenvalue weighted by Crippen LogP contribution is 2.48. The summed E-state index contributed by atoms with van der Waals surface area (Å²) >= 11 is 0. The van der Waals surface area contributed by atoms with Gasteiger partial charge in [-0.1, -0.05) is 12.5 Å². The summed E-state index contributed by atoms with van der Waals surface area (Å²) in [7, 11) is 2.04. The maximum absolute atomic E-state index is 6.46. The minimum Gasteiger partial charge on any atom is -0.493 e. The molecule has 1 aliphatic carbocycles. The maximum atomic E-state index is 6.46. The number of hydrogen-bond donors (Lipinski definition) is 1. The first-order valence-electron chi connectivity index (χ1n) is 7.90. The monoisotopic (exact) mass is 275 g/mol. The van der Waals surface area contributed by atoms with Crippen LogP contribution in [-0.4, -0.2) is 19.3 Å². The topological polar surface area (TPSA) is 30.5 Å². The number of benzene rings is 1. The summed E-state index contributed by atoms with van der Waals surface area (Å²) in [6.07, 6.45) is 7.35. The van der Waals surface area contributed by atoms with Gasteiger partial charge < -0.3 is 14.8 Å². The van der Waals surface area contributed by atoms with E-state index in [1.807, 2.05) is 20.0 Å². The van der Waals surface area contributed by atoms with Crippen LogP contribution < -0.4 is 14.8 Å². The molecule has 1 N–H and O–H groups in total. The minimum atomic E-state index is 0.0454. The molecule has 0 radical (unpaired) electrons. The van der Waals surface area contributed by atoms with Crippen molar-refractivity contribution in [3.05, 3.63) is 23.8 Å². The van der Waals surface area contributed by atoms with Crippen molar-refractivity contribution in [2.24, 2.45) is 0 Å². The first-order valence-corrected chi connectivity index (χ1v) is 7.90. The van der Waals surface area contributed by atoms with E-state index in [1.165, 1.54) is 37.7 Å². The van der Waals surface area contributed by atoms with Crippen molar-refractivity contribution in [2.45, 2.75) is 57.1 Å². The molecule has 1 spiro atoms. The van der Waals surface area contributed by atoms with Gasteiger partial charge in [-0.2, -0.15) is 0 Å². The van der Waals surface area contributed by atoms with Crippen LogP contribution in [0.3, 0.4) is 0 Å². The number of nitrogens with one attached hydrogen (secondary N) is 1. The summed E-state index contributed by atoms with van der Waals surface area (Å²) in [4.78, 5) is 0. The van der Waals surface area contributed by atoms with Gasteiger partial charge in [0.05, 0.1) is 12.2 Å². The zero-order chi connectivity index (χ0) is 14.0. The molecular weight excluding hydrogens is 250 g/mol. The van der Waals surface area contributed by atoms with E-state index in [2.05, 4.69) is 17.4 Å². The second kappa shape index (κ2) is 5.65. The molecule has 1 saturated carbocycles. The highest BCUT2D eigenvalue weighted by Gasteiger charge is 2.42. The van der Waals surface area contributed by atoms with Gasteiger partial charge in [0.2, 0.25) is 0 Å². The Balaban J connectivity index is 1.97. The van der Waals surface area contributed by atoms with Gasteiger partial charge in [0.1, 0.15) is 17.1 Å².